The molecule has 0 spiro atoms. The van der Waals surface area contributed by atoms with Gasteiger partial charge in [0.25, 0.3) is 0 Å². The maximum absolute atomic E-state index is 12.8. The van der Waals surface area contributed by atoms with Gasteiger partial charge in [-0.1, -0.05) is 80.5 Å². The predicted molar refractivity (Wildman–Crippen MR) is 117 cm³/mol. The molecule has 0 aliphatic carbocycles. The van der Waals surface area contributed by atoms with Crippen LogP contribution in [0.25, 0.3) is 0 Å². The summed E-state index contributed by atoms with van der Waals surface area (Å²) >= 11 is 0. The topological polar surface area (TPSA) is 32.3 Å². The zero-order valence-electron chi connectivity index (χ0n) is 18.3. The zero-order chi connectivity index (χ0) is 20.6. The lowest BCUT2D eigenvalue weighted by Gasteiger charge is -2.25. The molecule has 2 aromatic rings. The molecule has 1 unspecified atom stereocenters. The number of nitrogens with zero attached hydrogens (tertiary/aromatic N) is 1. The molecule has 3 heteroatoms. The van der Waals surface area contributed by atoms with E-state index in [0.717, 1.165) is 10.6 Å². The minimum absolute atomic E-state index is 0.0153. The van der Waals surface area contributed by atoms with Crippen LogP contribution in [-0.4, -0.2) is 0 Å². The van der Waals surface area contributed by atoms with Crippen LogP contribution in [0, 0.1) is 0 Å². The quantitative estimate of drug-likeness (QED) is 0.516. The lowest BCUT2D eigenvalue weighted by molar-refractivity contribution is 0.517. The van der Waals surface area contributed by atoms with Crippen molar-refractivity contribution in [2.75, 3.05) is 0 Å². The average Bonchev–Trinajstić information content (AvgIpc) is 2.52. The molecule has 0 aromatic heterocycles. The molecule has 2 rings (SSSR count). The summed E-state index contributed by atoms with van der Waals surface area (Å²) in [5, 5.41) is 0. The fourth-order valence-electron chi connectivity index (χ4n) is 2.75. The molecule has 0 saturated carbocycles. The van der Waals surface area contributed by atoms with E-state index in [1.807, 2.05) is 12.1 Å². The van der Waals surface area contributed by atoms with E-state index in [1.165, 1.54) is 16.7 Å². The molecule has 0 fully saturated rings. The van der Waals surface area contributed by atoms with Crippen molar-refractivity contribution in [2.24, 2.45) is 4.36 Å². The first-order valence-corrected chi connectivity index (χ1v) is 10.7. The number of hydrogen-bond acceptors (Lipinski definition) is 1. The van der Waals surface area contributed by atoms with Crippen molar-refractivity contribution >= 4 is 16.7 Å². The number of benzene rings is 2. The molecular weight excluding hydrogens is 350 g/mol. The third-order valence-electron chi connectivity index (χ3n) is 4.76. The smallest absolute Gasteiger partial charge is 0.105 e. The van der Waals surface area contributed by atoms with Crippen LogP contribution in [0.1, 0.15) is 79.0 Å². The lowest BCUT2D eigenvalue weighted by Crippen LogP contribution is -2.16. The molecule has 1 radical (unpaired) electrons. The van der Waals surface area contributed by atoms with Gasteiger partial charge < -0.3 is 0 Å². The largest absolute Gasteiger partial charge is 0.195 e. The minimum atomic E-state index is -1.41. The maximum atomic E-state index is 12.8. The summed E-state index contributed by atoms with van der Waals surface area (Å²) in [5.41, 5.74) is 4.56. The van der Waals surface area contributed by atoms with Crippen LogP contribution in [0.3, 0.4) is 0 Å². The Balaban J connectivity index is 2.48. The highest BCUT2D eigenvalue weighted by molar-refractivity contribution is 7.81. The Hall–Kier alpha value is -1.45. The first-order chi connectivity index (χ1) is 12.2. The molecule has 0 amide bonds. The Bertz CT molecular complexity index is 796. The Kier molecular flexibility index (Phi) is 6.08. The van der Waals surface area contributed by atoms with Crippen LogP contribution >= 0.6 is 0 Å². The summed E-state index contributed by atoms with van der Waals surface area (Å²) in [7, 11) is -1.41. The fraction of sp³-hybridized carbons (Fsp3) is 0.500. The van der Waals surface area contributed by atoms with E-state index in [9.17, 15) is 4.55 Å². The summed E-state index contributed by atoms with van der Waals surface area (Å²) in [6.07, 6.45) is 0. The van der Waals surface area contributed by atoms with Crippen LogP contribution in [0.5, 0.6) is 0 Å². The van der Waals surface area contributed by atoms with Gasteiger partial charge in [-0.3, -0.25) is 0 Å². The van der Waals surface area contributed by atoms with Gasteiger partial charge in [0.05, 0.1) is 5.69 Å². The van der Waals surface area contributed by atoms with Gasteiger partial charge in [-0.25, -0.2) is 0 Å². The van der Waals surface area contributed by atoms with Crippen molar-refractivity contribution in [3.63, 3.8) is 0 Å². The number of rotatable bonds is 2. The summed E-state index contributed by atoms with van der Waals surface area (Å²) in [6.45, 7) is 19.7. The molecule has 147 valence electrons. The molecule has 0 aliphatic heterocycles. The number of hydrogen-bond donors (Lipinski definition) is 0. The van der Waals surface area contributed by atoms with Crippen molar-refractivity contribution < 1.29 is 4.55 Å². The fourth-order valence-corrected chi connectivity index (χ4v) is 3.52. The standard InChI is InChI=1S/C24H34NOS/c1-22(2,3)17-10-12-21(13-11-17)27(26)25-20-15-18(23(4,5)6)14-19(16-20)24(7,8)9/h10-16H,1-9H3. The second kappa shape index (κ2) is 7.52. The van der Waals surface area contributed by atoms with Crippen LogP contribution in [0.15, 0.2) is 51.7 Å². The highest BCUT2D eigenvalue weighted by atomic mass is 32.2. The molecule has 2 nitrogen and oxygen atoms in total. The monoisotopic (exact) mass is 384 g/mol. The third-order valence-corrected chi connectivity index (χ3v) is 5.81. The molecule has 0 bridgehead atoms. The Morgan fingerprint density at radius 3 is 1.41 bits per heavy atom. The highest BCUT2D eigenvalue weighted by Gasteiger charge is 2.21. The lowest BCUT2D eigenvalue weighted by atomic mass is 9.80. The molecule has 0 heterocycles. The predicted octanol–water partition coefficient (Wildman–Crippen LogP) is 7.42. The van der Waals surface area contributed by atoms with Crippen molar-refractivity contribution in [3.8, 4) is 0 Å². The van der Waals surface area contributed by atoms with Gasteiger partial charge in [-0.15, -0.1) is 4.55 Å². The SMILES string of the molecule is CC(C)(C)c1ccc(S([O])=Nc2cc(C(C)(C)C)cc(C(C)(C)C)c2)cc1. The Labute approximate surface area is 168 Å². The maximum Gasteiger partial charge on any atom is 0.105 e. The van der Waals surface area contributed by atoms with Crippen molar-refractivity contribution in [1.82, 2.24) is 0 Å². The summed E-state index contributed by atoms with van der Waals surface area (Å²) in [5.74, 6) is 0. The normalized spacial score (nSPS) is 14.4. The molecule has 2 aromatic carbocycles. The Morgan fingerprint density at radius 1 is 0.630 bits per heavy atom. The Morgan fingerprint density at radius 2 is 1.04 bits per heavy atom. The van der Waals surface area contributed by atoms with Gasteiger partial charge in [0.2, 0.25) is 0 Å². The third kappa shape index (κ3) is 5.76. The van der Waals surface area contributed by atoms with E-state index in [0.29, 0.717) is 0 Å². The van der Waals surface area contributed by atoms with E-state index in [2.05, 4.69) is 97.0 Å². The molecular formula is C24H34NOS. The first kappa shape index (κ1) is 21.8. The second-order valence-corrected chi connectivity index (χ2v) is 11.5. The van der Waals surface area contributed by atoms with Crippen LogP contribution in [0.4, 0.5) is 5.69 Å². The van der Waals surface area contributed by atoms with Gasteiger partial charge >= 0.3 is 0 Å². The zero-order valence-corrected chi connectivity index (χ0v) is 19.1. The molecule has 1 atom stereocenters. The van der Waals surface area contributed by atoms with Gasteiger partial charge in [-0.2, -0.15) is 4.36 Å². The summed E-state index contributed by atoms with van der Waals surface area (Å²) < 4.78 is 17.4. The van der Waals surface area contributed by atoms with Crippen molar-refractivity contribution in [1.29, 1.82) is 0 Å². The van der Waals surface area contributed by atoms with Gasteiger partial charge in [0, 0.05) is 4.90 Å². The first-order valence-electron chi connectivity index (χ1n) is 9.58. The van der Waals surface area contributed by atoms with E-state index in [-0.39, 0.29) is 16.2 Å². The van der Waals surface area contributed by atoms with E-state index < -0.39 is 11.0 Å². The van der Waals surface area contributed by atoms with Crippen molar-refractivity contribution in [3.05, 3.63) is 59.2 Å². The van der Waals surface area contributed by atoms with E-state index in [1.54, 1.807) is 0 Å². The molecule has 0 saturated heterocycles. The highest BCUT2D eigenvalue weighted by Crippen LogP contribution is 2.33. The van der Waals surface area contributed by atoms with Gasteiger partial charge in [0.15, 0.2) is 0 Å². The second-order valence-electron chi connectivity index (χ2n) is 10.4. The summed E-state index contributed by atoms with van der Waals surface area (Å²) in [4.78, 5) is 0.737. The van der Waals surface area contributed by atoms with E-state index in [4.69, 9.17) is 0 Å². The van der Waals surface area contributed by atoms with Gasteiger partial charge in [0.1, 0.15) is 11.0 Å². The molecule has 0 N–H and O–H groups in total. The molecule has 27 heavy (non-hydrogen) atoms. The van der Waals surface area contributed by atoms with Crippen LogP contribution in [0.2, 0.25) is 0 Å². The van der Waals surface area contributed by atoms with Crippen LogP contribution < -0.4 is 0 Å². The average molecular weight is 385 g/mol. The summed E-state index contributed by atoms with van der Waals surface area (Å²) in [6, 6.07) is 14.3. The van der Waals surface area contributed by atoms with E-state index >= 15 is 0 Å². The van der Waals surface area contributed by atoms with Crippen LogP contribution in [-0.2, 0) is 31.8 Å². The molecule has 0 aliphatic rings. The van der Waals surface area contributed by atoms with Gasteiger partial charge in [-0.05, 0) is 57.2 Å². The van der Waals surface area contributed by atoms with Crippen molar-refractivity contribution in [2.45, 2.75) is 83.5 Å². The minimum Gasteiger partial charge on any atom is -0.195 e.